The van der Waals surface area contributed by atoms with Crippen LogP contribution in [0.3, 0.4) is 0 Å². The Morgan fingerprint density at radius 3 is 1.03 bits per heavy atom. The maximum atomic E-state index is 12.6. The molecule has 0 aromatic heterocycles. The number of esters is 3. The van der Waals surface area contributed by atoms with Crippen molar-refractivity contribution in [2.24, 2.45) is 17.8 Å². The van der Waals surface area contributed by atoms with Crippen LogP contribution in [0, 0.1) is 17.8 Å². The number of carbonyl (C=O) groups is 3. The summed E-state index contributed by atoms with van der Waals surface area (Å²) in [6.45, 7) is 1.12. The molecule has 0 amide bonds. The van der Waals surface area contributed by atoms with E-state index in [9.17, 15) is 14.4 Å². The van der Waals surface area contributed by atoms with Crippen LogP contribution in [-0.4, -0.2) is 37.7 Å². The molecule has 4 rings (SSSR count). The lowest BCUT2D eigenvalue weighted by atomic mass is 9.86. The quantitative estimate of drug-likeness (QED) is 0.435. The SMILES string of the molecule is O=C(OCC1CCC1)c1cc(C(=O)OCC2CCC2)cc(C(=O)OCC2CCC2)c1. The van der Waals surface area contributed by atoms with Gasteiger partial charge < -0.3 is 14.2 Å². The summed E-state index contributed by atoms with van der Waals surface area (Å²) in [5.41, 5.74) is 0.550. The molecule has 0 spiro atoms. The molecular weight excluding hydrogens is 384 g/mol. The van der Waals surface area contributed by atoms with Crippen molar-refractivity contribution in [1.29, 1.82) is 0 Å². The highest BCUT2D eigenvalue weighted by atomic mass is 16.5. The van der Waals surface area contributed by atoms with E-state index >= 15 is 0 Å². The molecule has 1 aromatic carbocycles. The van der Waals surface area contributed by atoms with Crippen LogP contribution in [0.1, 0.15) is 88.9 Å². The van der Waals surface area contributed by atoms with E-state index < -0.39 is 17.9 Å². The second kappa shape index (κ2) is 9.63. The fraction of sp³-hybridized carbons (Fsp3) is 0.625. The topological polar surface area (TPSA) is 78.9 Å². The van der Waals surface area contributed by atoms with Crippen molar-refractivity contribution in [3.8, 4) is 0 Å². The van der Waals surface area contributed by atoms with Crippen LogP contribution in [0.15, 0.2) is 18.2 Å². The van der Waals surface area contributed by atoms with Crippen molar-refractivity contribution in [3.05, 3.63) is 34.9 Å². The van der Waals surface area contributed by atoms with Crippen molar-refractivity contribution in [3.63, 3.8) is 0 Å². The number of benzene rings is 1. The Hall–Kier alpha value is -2.37. The standard InChI is InChI=1S/C24H30O6/c25-22(28-13-16-4-1-5-16)19-10-20(23(26)29-14-17-6-2-7-17)12-21(11-19)24(27)30-15-18-8-3-9-18/h10-12,16-18H,1-9,13-15H2. The number of carbonyl (C=O) groups excluding carboxylic acids is 3. The Labute approximate surface area is 177 Å². The molecule has 0 saturated heterocycles. The lowest BCUT2D eigenvalue weighted by Gasteiger charge is -2.25. The summed E-state index contributed by atoms with van der Waals surface area (Å²) in [5.74, 6) is -0.333. The third kappa shape index (κ3) is 5.21. The van der Waals surface area contributed by atoms with Gasteiger partial charge in [0.1, 0.15) is 0 Å². The second-order valence-electron chi connectivity index (χ2n) is 8.99. The average Bonchev–Trinajstić information content (AvgIpc) is 2.63. The van der Waals surface area contributed by atoms with Gasteiger partial charge in [-0.2, -0.15) is 0 Å². The lowest BCUT2D eigenvalue weighted by molar-refractivity contribution is 0.0366. The minimum atomic E-state index is -0.524. The zero-order valence-corrected chi connectivity index (χ0v) is 17.4. The Kier molecular flexibility index (Phi) is 6.70. The molecule has 162 valence electrons. The van der Waals surface area contributed by atoms with Gasteiger partial charge in [0, 0.05) is 0 Å². The summed E-state index contributed by atoms with van der Waals surface area (Å²) in [5, 5.41) is 0. The third-order valence-electron chi connectivity index (χ3n) is 6.66. The van der Waals surface area contributed by atoms with Crippen LogP contribution in [0.5, 0.6) is 0 Å². The first-order valence-electron chi connectivity index (χ1n) is 11.2. The molecule has 6 heteroatoms. The minimum absolute atomic E-state index is 0.183. The number of ether oxygens (including phenoxy) is 3. The number of hydrogen-bond donors (Lipinski definition) is 0. The second-order valence-corrected chi connectivity index (χ2v) is 8.99. The van der Waals surface area contributed by atoms with Crippen LogP contribution in [0.2, 0.25) is 0 Å². The van der Waals surface area contributed by atoms with E-state index in [1.54, 1.807) is 0 Å². The average molecular weight is 414 g/mol. The van der Waals surface area contributed by atoms with E-state index in [4.69, 9.17) is 14.2 Å². The molecule has 3 aliphatic rings. The van der Waals surface area contributed by atoms with Gasteiger partial charge in [-0.1, -0.05) is 19.3 Å². The molecule has 1 aromatic rings. The van der Waals surface area contributed by atoms with Gasteiger partial charge in [-0.15, -0.1) is 0 Å². The van der Waals surface area contributed by atoms with Gasteiger partial charge in [-0.25, -0.2) is 14.4 Å². The highest BCUT2D eigenvalue weighted by molar-refractivity contribution is 6.00. The van der Waals surface area contributed by atoms with Crippen molar-refractivity contribution < 1.29 is 28.6 Å². The Balaban J connectivity index is 1.45. The zero-order chi connectivity index (χ0) is 20.9. The van der Waals surface area contributed by atoms with Crippen LogP contribution in [-0.2, 0) is 14.2 Å². The van der Waals surface area contributed by atoms with Crippen LogP contribution in [0.4, 0.5) is 0 Å². The maximum absolute atomic E-state index is 12.6. The van der Waals surface area contributed by atoms with Gasteiger partial charge in [0.05, 0.1) is 36.5 Å². The lowest BCUT2D eigenvalue weighted by Crippen LogP contribution is -2.22. The van der Waals surface area contributed by atoms with E-state index in [-0.39, 0.29) is 16.7 Å². The van der Waals surface area contributed by atoms with Gasteiger partial charge in [0.2, 0.25) is 0 Å². The van der Waals surface area contributed by atoms with E-state index in [0.29, 0.717) is 37.6 Å². The van der Waals surface area contributed by atoms with Gasteiger partial charge in [0.25, 0.3) is 0 Å². The minimum Gasteiger partial charge on any atom is -0.462 e. The number of hydrogen-bond acceptors (Lipinski definition) is 6. The van der Waals surface area contributed by atoms with E-state index in [1.165, 1.54) is 37.5 Å². The molecule has 0 heterocycles. The van der Waals surface area contributed by atoms with Crippen molar-refractivity contribution >= 4 is 17.9 Å². The predicted octanol–water partition coefficient (Wildman–Crippen LogP) is 4.56. The summed E-state index contributed by atoms with van der Waals surface area (Å²) in [4.78, 5) is 37.7. The molecule has 0 N–H and O–H groups in total. The molecule has 0 atom stereocenters. The Morgan fingerprint density at radius 1 is 0.567 bits per heavy atom. The van der Waals surface area contributed by atoms with Crippen LogP contribution >= 0.6 is 0 Å². The van der Waals surface area contributed by atoms with Crippen molar-refractivity contribution in [2.45, 2.75) is 57.8 Å². The molecule has 0 aliphatic heterocycles. The molecule has 3 saturated carbocycles. The van der Waals surface area contributed by atoms with Gasteiger partial charge in [0.15, 0.2) is 0 Å². The molecule has 0 unspecified atom stereocenters. The normalized spacial score (nSPS) is 19.2. The first-order chi connectivity index (χ1) is 14.6. The molecule has 0 bridgehead atoms. The van der Waals surface area contributed by atoms with Crippen LogP contribution < -0.4 is 0 Å². The maximum Gasteiger partial charge on any atom is 0.338 e. The summed E-state index contributed by atoms with van der Waals surface area (Å²) < 4.78 is 16.2. The molecule has 3 aliphatic carbocycles. The monoisotopic (exact) mass is 414 g/mol. The predicted molar refractivity (Wildman–Crippen MR) is 109 cm³/mol. The molecule has 30 heavy (non-hydrogen) atoms. The van der Waals surface area contributed by atoms with Gasteiger partial charge >= 0.3 is 17.9 Å². The highest BCUT2D eigenvalue weighted by Gasteiger charge is 2.25. The largest absolute Gasteiger partial charge is 0.462 e. The molecule has 6 nitrogen and oxygen atoms in total. The zero-order valence-electron chi connectivity index (χ0n) is 17.4. The molecular formula is C24H30O6. The first kappa shape index (κ1) is 20.9. The first-order valence-corrected chi connectivity index (χ1v) is 11.2. The fourth-order valence-electron chi connectivity index (χ4n) is 3.79. The molecule has 0 radical (unpaired) electrons. The van der Waals surface area contributed by atoms with Gasteiger partial charge in [-0.05, 0) is 74.5 Å². The van der Waals surface area contributed by atoms with E-state index in [0.717, 1.165) is 38.5 Å². The Bertz CT molecular complexity index is 672. The summed E-state index contributed by atoms with van der Waals surface area (Å²) in [6.07, 6.45) is 9.92. The smallest absolute Gasteiger partial charge is 0.338 e. The molecule has 3 fully saturated rings. The summed E-state index contributed by atoms with van der Waals surface area (Å²) in [6, 6.07) is 4.36. The van der Waals surface area contributed by atoms with E-state index in [1.807, 2.05) is 0 Å². The van der Waals surface area contributed by atoms with Crippen molar-refractivity contribution in [2.75, 3.05) is 19.8 Å². The van der Waals surface area contributed by atoms with Crippen molar-refractivity contribution in [1.82, 2.24) is 0 Å². The van der Waals surface area contributed by atoms with Gasteiger partial charge in [-0.3, -0.25) is 0 Å². The fourth-order valence-corrected chi connectivity index (χ4v) is 3.79. The number of rotatable bonds is 9. The third-order valence-corrected chi connectivity index (χ3v) is 6.66. The van der Waals surface area contributed by atoms with Crippen LogP contribution in [0.25, 0.3) is 0 Å². The summed E-state index contributed by atoms with van der Waals surface area (Å²) in [7, 11) is 0. The Morgan fingerprint density at radius 2 is 0.833 bits per heavy atom. The summed E-state index contributed by atoms with van der Waals surface area (Å²) >= 11 is 0. The highest BCUT2D eigenvalue weighted by Crippen LogP contribution is 2.28. The van der Waals surface area contributed by atoms with E-state index in [2.05, 4.69) is 0 Å².